The summed E-state index contributed by atoms with van der Waals surface area (Å²) in [5.41, 5.74) is 0.681. The third kappa shape index (κ3) is 2.37. The lowest BCUT2D eigenvalue weighted by Gasteiger charge is -2.46. The third-order valence-corrected chi connectivity index (χ3v) is 3.48. The Hall–Kier alpha value is -0.890. The predicted molar refractivity (Wildman–Crippen MR) is 60.5 cm³/mol. The zero-order valence-corrected chi connectivity index (χ0v) is 9.48. The lowest BCUT2D eigenvalue weighted by Crippen LogP contribution is -2.47. The van der Waals surface area contributed by atoms with Gasteiger partial charge in [0.25, 0.3) is 0 Å². The predicted octanol–water partition coefficient (Wildman–Crippen LogP) is 2.42. The van der Waals surface area contributed by atoms with E-state index < -0.39 is 5.60 Å². The Balaban J connectivity index is 1.92. The minimum absolute atomic E-state index is 0.460. The molecule has 0 bridgehead atoms. The number of hydrogen-bond donors (Lipinski definition) is 1. The van der Waals surface area contributed by atoms with Crippen molar-refractivity contribution in [2.45, 2.75) is 38.7 Å². The van der Waals surface area contributed by atoms with Crippen LogP contribution in [-0.4, -0.2) is 15.7 Å². The van der Waals surface area contributed by atoms with Gasteiger partial charge in [0.15, 0.2) is 0 Å². The van der Waals surface area contributed by atoms with Gasteiger partial charge in [0.2, 0.25) is 0 Å². The third-order valence-electron chi connectivity index (χ3n) is 3.48. The highest BCUT2D eigenvalue weighted by Gasteiger charge is 2.43. The molecule has 1 aromatic rings. The first-order valence-electron chi connectivity index (χ1n) is 5.70. The van der Waals surface area contributed by atoms with E-state index in [2.05, 4.69) is 18.8 Å². The smallest absolute Gasteiger partial charge is 0.0694 e. The molecule has 0 radical (unpaired) electrons. The first-order valence-corrected chi connectivity index (χ1v) is 5.70. The molecule has 0 saturated heterocycles. The van der Waals surface area contributed by atoms with Crippen LogP contribution in [0.15, 0.2) is 24.5 Å². The fraction of sp³-hybridized carbons (Fsp3) is 0.615. The highest BCUT2D eigenvalue weighted by Crippen LogP contribution is 2.43. The minimum atomic E-state index is -0.460. The Labute approximate surface area is 91.4 Å². The van der Waals surface area contributed by atoms with Crippen LogP contribution in [0.2, 0.25) is 0 Å². The first-order chi connectivity index (χ1) is 7.09. The maximum atomic E-state index is 10.3. The van der Waals surface area contributed by atoms with Crippen molar-refractivity contribution in [3.05, 3.63) is 30.1 Å². The number of pyridine rings is 1. The number of aliphatic hydroxyl groups is 1. The second-order valence-electron chi connectivity index (χ2n) is 5.17. The van der Waals surface area contributed by atoms with Gasteiger partial charge in [0.05, 0.1) is 5.60 Å². The van der Waals surface area contributed by atoms with Crippen molar-refractivity contribution in [1.82, 2.24) is 4.98 Å². The molecule has 2 heteroatoms. The molecule has 1 N–H and O–H groups in total. The van der Waals surface area contributed by atoms with Gasteiger partial charge in [-0.1, -0.05) is 19.9 Å². The Morgan fingerprint density at radius 1 is 1.53 bits per heavy atom. The average molecular weight is 205 g/mol. The molecule has 0 amide bonds. The molecule has 1 aliphatic carbocycles. The SMILES string of the molecule is CC(C)C1CC(O)(Cc2cccnc2)C1. The van der Waals surface area contributed by atoms with Crippen LogP contribution in [0.3, 0.4) is 0 Å². The molecule has 15 heavy (non-hydrogen) atoms. The molecule has 1 aliphatic rings. The highest BCUT2D eigenvalue weighted by atomic mass is 16.3. The van der Waals surface area contributed by atoms with E-state index in [1.807, 2.05) is 18.3 Å². The Bertz CT molecular complexity index is 315. The van der Waals surface area contributed by atoms with Crippen LogP contribution in [0.25, 0.3) is 0 Å². The van der Waals surface area contributed by atoms with Crippen molar-refractivity contribution in [3.8, 4) is 0 Å². The molecule has 0 spiro atoms. The normalized spacial score (nSPS) is 30.3. The second-order valence-corrected chi connectivity index (χ2v) is 5.17. The van der Waals surface area contributed by atoms with Gasteiger partial charge < -0.3 is 5.11 Å². The molecular weight excluding hydrogens is 186 g/mol. The van der Waals surface area contributed by atoms with Gasteiger partial charge in [-0.15, -0.1) is 0 Å². The molecule has 1 fully saturated rings. The van der Waals surface area contributed by atoms with Crippen LogP contribution >= 0.6 is 0 Å². The van der Waals surface area contributed by atoms with Crippen molar-refractivity contribution < 1.29 is 5.11 Å². The summed E-state index contributed by atoms with van der Waals surface area (Å²) in [7, 11) is 0. The summed E-state index contributed by atoms with van der Waals surface area (Å²) in [5, 5.41) is 10.3. The minimum Gasteiger partial charge on any atom is -0.390 e. The van der Waals surface area contributed by atoms with Crippen LogP contribution in [-0.2, 0) is 6.42 Å². The summed E-state index contributed by atoms with van der Waals surface area (Å²) in [4.78, 5) is 4.07. The number of rotatable bonds is 3. The molecule has 0 unspecified atom stereocenters. The number of nitrogens with zero attached hydrogens (tertiary/aromatic N) is 1. The van der Waals surface area contributed by atoms with Crippen LogP contribution in [0.4, 0.5) is 0 Å². The Kier molecular flexibility index (Phi) is 2.79. The van der Waals surface area contributed by atoms with Crippen LogP contribution < -0.4 is 0 Å². The Morgan fingerprint density at radius 2 is 2.27 bits per heavy atom. The van der Waals surface area contributed by atoms with Crippen molar-refractivity contribution in [2.75, 3.05) is 0 Å². The van der Waals surface area contributed by atoms with E-state index >= 15 is 0 Å². The van der Waals surface area contributed by atoms with Crippen LogP contribution in [0.5, 0.6) is 0 Å². The lowest BCUT2D eigenvalue weighted by molar-refractivity contribution is -0.0860. The van der Waals surface area contributed by atoms with Crippen LogP contribution in [0, 0.1) is 11.8 Å². The molecule has 0 atom stereocenters. The topological polar surface area (TPSA) is 33.1 Å². The summed E-state index contributed by atoms with van der Waals surface area (Å²) in [6, 6.07) is 3.96. The summed E-state index contributed by atoms with van der Waals surface area (Å²) >= 11 is 0. The quantitative estimate of drug-likeness (QED) is 0.822. The van der Waals surface area contributed by atoms with Gasteiger partial charge in [-0.3, -0.25) is 4.98 Å². The van der Waals surface area contributed by atoms with Gasteiger partial charge in [-0.2, -0.15) is 0 Å². The summed E-state index contributed by atoms with van der Waals surface area (Å²) in [5.74, 6) is 1.39. The molecule has 82 valence electrons. The fourth-order valence-electron chi connectivity index (χ4n) is 2.41. The van der Waals surface area contributed by atoms with E-state index in [-0.39, 0.29) is 0 Å². The fourth-order valence-corrected chi connectivity index (χ4v) is 2.41. The molecule has 2 nitrogen and oxygen atoms in total. The zero-order valence-electron chi connectivity index (χ0n) is 9.48. The molecular formula is C13H19NO. The standard InChI is InChI=1S/C13H19NO/c1-10(2)12-7-13(15,8-12)6-11-4-3-5-14-9-11/h3-5,9-10,12,15H,6-8H2,1-2H3. The number of hydrogen-bond acceptors (Lipinski definition) is 2. The summed E-state index contributed by atoms with van der Waals surface area (Å²) in [6.07, 6.45) is 6.26. The van der Waals surface area contributed by atoms with Gasteiger partial charge in [0, 0.05) is 18.8 Å². The average Bonchev–Trinajstić information content (AvgIpc) is 2.15. The van der Waals surface area contributed by atoms with E-state index in [0.29, 0.717) is 11.8 Å². The van der Waals surface area contributed by atoms with Gasteiger partial charge in [-0.25, -0.2) is 0 Å². The van der Waals surface area contributed by atoms with Gasteiger partial charge in [-0.05, 0) is 36.3 Å². The Morgan fingerprint density at radius 3 is 2.80 bits per heavy atom. The maximum absolute atomic E-state index is 10.3. The van der Waals surface area contributed by atoms with Crippen LogP contribution in [0.1, 0.15) is 32.3 Å². The summed E-state index contributed by atoms with van der Waals surface area (Å²) in [6.45, 7) is 4.46. The number of aromatic nitrogens is 1. The van der Waals surface area contributed by atoms with E-state index in [1.165, 1.54) is 0 Å². The molecule has 1 saturated carbocycles. The second kappa shape index (κ2) is 3.93. The first kappa shape index (κ1) is 10.6. The lowest BCUT2D eigenvalue weighted by atomic mass is 9.64. The van der Waals surface area contributed by atoms with E-state index in [9.17, 15) is 5.11 Å². The molecule has 0 aliphatic heterocycles. The maximum Gasteiger partial charge on any atom is 0.0694 e. The molecule has 1 aromatic heterocycles. The molecule has 0 aromatic carbocycles. The van der Waals surface area contributed by atoms with E-state index in [1.54, 1.807) is 6.20 Å². The van der Waals surface area contributed by atoms with E-state index in [0.717, 1.165) is 24.8 Å². The monoisotopic (exact) mass is 205 g/mol. The van der Waals surface area contributed by atoms with Gasteiger partial charge in [0.1, 0.15) is 0 Å². The zero-order chi connectivity index (χ0) is 10.9. The van der Waals surface area contributed by atoms with Crippen molar-refractivity contribution in [1.29, 1.82) is 0 Å². The summed E-state index contributed by atoms with van der Waals surface area (Å²) < 4.78 is 0. The molecule has 1 heterocycles. The van der Waals surface area contributed by atoms with Crippen molar-refractivity contribution in [2.24, 2.45) is 11.8 Å². The molecule has 2 rings (SSSR count). The van der Waals surface area contributed by atoms with Crippen molar-refractivity contribution in [3.63, 3.8) is 0 Å². The largest absolute Gasteiger partial charge is 0.390 e. The van der Waals surface area contributed by atoms with Gasteiger partial charge >= 0.3 is 0 Å². The highest BCUT2D eigenvalue weighted by molar-refractivity contribution is 5.14. The van der Waals surface area contributed by atoms with E-state index in [4.69, 9.17) is 0 Å². The van der Waals surface area contributed by atoms with Crippen molar-refractivity contribution >= 4 is 0 Å².